The average molecular weight is 227 g/mol. The van der Waals surface area contributed by atoms with E-state index in [4.69, 9.17) is 17.3 Å². The van der Waals surface area contributed by atoms with Gasteiger partial charge in [-0.1, -0.05) is 30.5 Å². The molecule has 3 nitrogen and oxygen atoms in total. The number of aromatic nitrogens is 1. The Morgan fingerprint density at radius 1 is 1.40 bits per heavy atom. The molecular weight excluding hydrogens is 212 g/mol. The first kappa shape index (κ1) is 10.9. The summed E-state index contributed by atoms with van der Waals surface area (Å²) >= 11 is 5.79. The second kappa shape index (κ2) is 4.08. The summed E-state index contributed by atoms with van der Waals surface area (Å²) in [5.41, 5.74) is 5.91. The zero-order valence-corrected chi connectivity index (χ0v) is 9.24. The van der Waals surface area contributed by atoms with Crippen LogP contribution in [0.25, 0.3) is 0 Å². The van der Waals surface area contributed by atoms with E-state index in [-0.39, 0.29) is 0 Å². The molecule has 1 heterocycles. The lowest BCUT2D eigenvalue weighted by Crippen LogP contribution is -2.39. The molecule has 15 heavy (non-hydrogen) atoms. The van der Waals surface area contributed by atoms with Crippen molar-refractivity contribution in [1.29, 1.82) is 0 Å². The van der Waals surface area contributed by atoms with Crippen molar-refractivity contribution in [1.82, 2.24) is 4.98 Å². The highest BCUT2D eigenvalue weighted by atomic mass is 35.5. The minimum Gasteiger partial charge on any atom is -0.388 e. The van der Waals surface area contributed by atoms with Crippen molar-refractivity contribution < 1.29 is 5.11 Å². The number of aliphatic hydroxyl groups is 1. The molecule has 0 aliphatic heterocycles. The van der Waals surface area contributed by atoms with Crippen molar-refractivity contribution in [2.75, 3.05) is 0 Å². The monoisotopic (exact) mass is 226 g/mol. The number of halogens is 1. The van der Waals surface area contributed by atoms with E-state index in [1.807, 2.05) is 12.1 Å². The van der Waals surface area contributed by atoms with E-state index in [0.29, 0.717) is 10.8 Å². The summed E-state index contributed by atoms with van der Waals surface area (Å²) in [6.07, 6.45) is 3.57. The number of rotatable bonds is 2. The summed E-state index contributed by atoms with van der Waals surface area (Å²) in [6, 6.07) is 4.89. The molecule has 82 valence electrons. The van der Waals surface area contributed by atoms with Gasteiger partial charge in [0, 0.05) is 0 Å². The fourth-order valence-electron chi connectivity index (χ4n) is 2.17. The van der Waals surface area contributed by atoms with Crippen molar-refractivity contribution in [3.8, 4) is 0 Å². The van der Waals surface area contributed by atoms with Gasteiger partial charge < -0.3 is 10.8 Å². The van der Waals surface area contributed by atoms with Crippen molar-refractivity contribution in [2.45, 2.75) is 37.3 Å². The number of pyridine rings is 1. The van der Waals surface area contributed by atoms with E-state index in [2.05, 4.69) is 4.98 Å². The molecule has 2 rings (SSSR count). The van der Waals surface area contributed by atoms with E-state index in [1.165, 1.54) is 0 Å². The number of nitrogens with two attached hydrogens (primary N) is 1. The zero-order chi connectivity index (χ0) is 10.9. The smallest absolute Gasteiger partial charge is 0.129 e. The van der Waals surface area contributed by atoms with Gasteiger partial charge in [-0.05, 0) is 25.0 Å². The van der Waals surface area contributed by atoms with Crippen molar-refractivity contribution in [2.24, 2.45) is 5.73 Å². The van der Waals surface area contributed by atoms with Crippen molar-refractivity contribution in [3.05, 3.63) is 29.0 Å². The van der Waals surface area contributed by atoms with E-state index in [0.717, 1.165) is 25.7 Å². The summed E-state index contributed by atoms with van der Waals surface area (Å²) < 4.78 is 0. The lowest BCUT2D eigenvalue weighted by atomic mass is 9.90. The highest BCUT2D eigenvalue weighted by Crippen LogP contribution is 2.37. The van der Waals surface area contributed by atoms with Crippen LogP contribution in [0, 0.1) is 0 Å². The number of hydrogen-bond donors (Lipinski definition) is 2. The van der Waals surface area contributed by atoms with Crippen LogP contribution in [0.15, 0.2) is 18.2 Å². The summed E-state index contributed by atoms with van der Waals surface area (Å²) in [5, 5.41) is 10.7. The number of hydrogen-bond acceptors (Lipinski definition) is 3. The Kier molecular flexibility index (Phi) is 2.96. The molecule has 0 aromatic carbocycles. The first-order valence-corrected chi connectivity index (χ1v) is 5.60. The van der Waals surface area contributed by atoms with Crippen LogP contribution in [0.5, 0.6) is 0 Å². The highest BCUT2D eigenvalue weighted by molar-refractivity contribution is 6.29. The van der Waals surface area contributed by atoms with Crippen molar-refractivity contribution in [3.63, 3.8) is 0 Å². The Hall–Kier alpha value is -0.640. The van der Waals surface area contributed by atoms with Crippen LogP contribution in [0.3, 0.4) is 0 Å². The van der Waals surface area contributed by atoms with Gasteiger partial charge in [-0.25, -0.2) is 4.98 Å². The lowest BCUT2D eigenvalue weighted by Gasteiger charge is -2.29. The summed E-state index contributed by atoms with van der Waals surface area (Å²) in [4.78, 5) is 4.14. The Morgan fingerprint density at radius 3 is 2.67 bits per heavy atom. The second-order valence-electron chi connectivity index (χ2n) is 4.17. The SMILES string of the molecule is NC(c1cccc(Cl)n1)C1(O)CCCC1. The molecule has 1 aromatic rings. The third kappa shape index (κ3) is 2.14. The van der Waals surface area contributed by atoms with E-state index in [1.54, 1.807) is 6.07 Å². The van der Waals surface area contributed by atoms with Gasteiger partial charge in [0.1, 0.15) is 5.15 Å². The van der Waals surface area contributed by atoms with Crippen molar-refractivity contribution >= 4 is 11.6 Å². The third-order valence-corrected chi connectivity index (χ3v) is 3.31. The van der Waals surface area contributed by atoms with Crippen LogP contribution >= 0.6 is 11.6 Å². The molecule has 1 atom stereocenters. The summed E-state index contributed by atoms with van der Waals surface area (Å²) in [5.74, 6) is 0. The van der Waals surface area contributed by atoms with Gasteiger partial charge in [0.25, 0.3) is 0 Å². The molecular formula is C11H15ClN2O. The second-order valence-corrected chi connectivity index (χ2v) is 4.56. The zero-order valence-electron chi connectivity index (χ0n) is 8.49. The largest absolute Gasteiger partial charge is 0.388 e. The fraction of sp³-hybridized carbons (Fsp3) is 0.545. The van der Waals surface area contributed by atoms with Gasteiger partial charge >= 0.3 is 0 Å². The normalized spacial score (nSPS) is 21.5. The van der Waals surface area contributed by atoms with Gasteiger partial charge in [0.15, 0.2) is 0 Å². The maximum atomic E-state index is 10.3. The van der Waals surface area contributed by atoms with E-state index in [9.17, 15) is 5.11 Å². The maximum Gasteiger partial charge on any atom is 0.129 e. The third-order valence-electron chi connectivity index (χ3n) is 3.10. The molecule has 1 saturated carbocycles. The standard InChI is InChI=1S/C11H15ClN2O/c12-9-5-3-4-8(14-9)10(13)11(15)6-1-2-7-11/h3-5,10,15H,1-2,6-7,13H2. The van der Waals surface area contributed by atoms with Gasteiger partial charge in [-0.3, -0.25) is 0 Å². The molecule has 0 amide bonds. The molecule has 1 aromatic heterocycles. The van der Waals surface area contributed by atoms with Gasteiger partial charge in [0.2, 0.25) is 0 Å². The summed E-state index contributed by atoms with van der Waals surface area (Å²) in [7, 11) is 0. The minimum absolute atomic E-state index is 0.421. The number of nitrogens with zero attached hydrogens (tertiary/aromatic N) is 1. The maximum absolute atomic E-state index is 10.3. The molecule has 1 unspecified atom stereocenters. The Balaban J connectivity index is 2.23. The molecule has 3 N–H and O–H groups in total. The molecule has 1 aliphatic rings. The fourth-order valence-corrected chi connectivity index (χ4v) is 2.34. The van der Waals surface area contributed by atoms with Gasteiger partial charge in [0.05, 0.1) is 17.3 Å². The topological polar surface area (TPSA) is 59.1 Å². The predicted molar refractivity (Wildman–Crippen MR) is 59.6 cm³/mol. The van der Waals surface area contributed by atoms with Gasteiger partial charge in [-0.15, -0.1) is 0 Å². The highest BCUT2D eigenvalue weighted by Gasteiger charge is 2.38. The van der Waals surface area contributed by atoms with Gasteiger partial charge in [-0.2, -0.15) is 0 Å². The minimum atomic E-state index is -0.794. The quantitative estimate of drug-likeness (QED) is 0.759. The van der Waals surface area contributed by atoms with Crippen LogP contribution in [0.2, 0.25) is 5.15 Å². The molecule has 1 fully saturated rings. The summed E-state index contributed by atoms with van der Waals surface area (Å²) in [6.45, 7) is 0. The Morgan fingerprint density at radius 2 is 2.07 bits per heavy atom. The molecule has 0 saturated heterocycles. The molecule has 4 heteroatoms. The molecule has 0 bridgehead atoms. The van der Waals surface area contributed by atoms with E-state index >= 15 is 0 Å². The van der Waals surface area contributed by atoms with Crippen LogP contribution in [0.4, 0.5) is 0 Å². The Labute approximate surface area is 94.3 Å². The Bertz CT molecular complexity index is 350. The predicted octanol–water partition coefficient (Wildman–Crippen LogP) is 2.04. The first-order valence-electron chi connectivity index (χ1n) is 5.22. The molecule has 1 aliphatic carbocycles. The molecule has 0 radical (unpaired) electrons. The van der Waals surface area contributed by atoms with E-state index < -0.39 is 11.6 Å². The lowest BCUT2D eigenvalue weighted by molar-refractivity contribution is 0.0191. The first-order chi connectivity index (χ1) is 7.12. The van der Waals surface area contributed by atoms with Crippen LogP contribution in [0.1, 0.15) is 37.4 Å². The molecule has 0 spiro atoms. The van der Waals surface area contributed by atoms with Crippen LogP contribution < -0.4 is 5.73 Å². The van der Waals surface area contributed by atoms with Crippen LogP contribution in [-0.2, 0) is 0 Å². The average Bonchev–Trinajstić information content (AvgIpc) is 2.65. The van der Waals surface area contributed by atoms with Crippen LogP contribution in [-0.4, -0.2) is 15.7 Å².